The topological polar surface area (TPSA) is 63.8 Å². The van der Waals surface area contributed by atoms with Gasteiger partial charge in [-0.15, -0.1) is 0 Å². The summed E-state index contributed by atoms with van der Waals surface area (Å²) < 4.78 is 0. The van der Waals surface area contributed by atoms with Gasteiger partial charge in [0.2, 0.25) is 0 Å². The van der Waals surface area contributed by atoms with E-state index in [2.05, 4.69) is 41.5 Å². The molecule has 0 saturated heterocycles. The predicted molar refractivity (Wildman–Crippen MR) is 91.9 cm³/mol. The Hall–Kier alpha value is -2.46. The van der Waals surface area contributed by atoms with Crippen LogP contribution >= 0.6 is 0 Å². The molecule has 0 saturated carbocycles. The molecule has 3 aromatic rings. The van der Waals surface area contributed by atoms with E-state index in [1.54, 1.807) is 0 Å². The van der Waals surface area contributed by atoms with E-state index in [1.807, 2.05) is 24.4 Å². The molecule has 0 radical (unpaired) electrons. The van der Waals surface area contributed by atoms with Crippen LogP contribution in [0.3, 0.4) is 0 Å². The molecule has 0 bridgehead atoms. The summed E-state index contributed by atoms with van der Waals surface area (Å²) in [6, 6.07) is 14.4. The summed E-state index contributed by atoms with van der Waals surface area (Å²) in [5.41, 5.74) is 9.78. The number of hydrogen-bond acceptors (Lipinski definition) is 4. The van der Waals surface area contributed by atoms with Gasteiger partial charge in [0, 0.05) is 23.7 Å². The third kappa shape index (κ3) is 3.07. The van der Waals surface area contributed by atoms with E-state index in [9.17, 15) is 0 Å². The van der Waals surface area contributed by atoms with Crippen LogP contribution in [0.25, 0.3) is 22.2 Å². The second-order valence-electron chi connectivity index (χ2n) is 5.36. The highest BCUT2D eigenvalue weighted by atomic mass is 15.0. The summed E-state index contributed by atoms with van der Waals surface area (Å²) >= 11 is 0. The van der Waals surface area contributed by atoms with Crippen molar-refractivity contribution in [3.8, 4) is 11.3 Å². The van der Waals surface area contributed by atoms with Gasteiger partial charge in [-0.3, -0.25) is 4.98 Å². The molecule has 112 valence electrons. The van der Waals surface area contributed by atoms with Gasteiger partial charge in [0.25, 0.3) is 0 Å². The zero-order valence-corrected chi connectivity index (χ0v) is 12.7. The Morgan fingerprint density at radius 2 is 1.95 bits per heavy atom. The van der Waals surface area contributed by atoms with Gasteiger partial charge in [-0.05, 0) is 38.1 Å². The molecule has 1 aromatic carbocycles. The molecular formula is C18H20N4. The van der Waals surface area contributed by atoms with Crippen LogP contribution in [0.5, 0.6) is 0 Å². The number of aromatic nitrogens is 2. The zero-order valence-electron chi connectivity index (χ0n) is 12.7. The fourth-order valence-corrected chi connectivity index (χ4v) is 2.39. The molecule has 0 spiro atoms. The van der Waals surface area contributed by atoms with Crippen LogP contribution in [0.2, 0.25) is 0 Å². The number of nitrogens with two attached hydrogens (primary N) is 1. The molecule has 0 aliphatic rings. The van der Waals surface area contributed by atoms with Crippen molar-refractivity contribution in [1.82, 2.24) is 9.97 Å². The van der Waals surface area contributed by atoms with E-state index in [-0.39, 0.29) is 0 Å². The summed E-state index contributed by atoms with van der Waals surface area (Å²) in [5.74, 6) is 0.870. The quantitative estimate of drug-likeness (QED) is 0.708. The number of hydrogen-bond donors (Lipinski definition) is 2. The van der Waals surface area contributed by atoms with Crippen molar-refractivity contribution < 1.29 is 0 Å². The van der Waals surface area contributed by atoms with Crippen LogP contribution in [-0.2, 0) is 0 Å². The fraction of sp³-hybridized carbons (Fsp3) is 0.222. The van der Waals surface area contributed by atoms with E-state index in [0.717, 1.165) is 40.9 Å². The molecule has 0 aliphatic carbocycles. The Labute approximate surface area is 130 Å². The number of nitrogens with zero attached hydrogens (tertiary/aromatic N) is 2. The Morgan fingerprint density at radius 3 is 2.73 bits per heavy atom. The number of fused-ring (bicyclic) bond motifs is 1. The first-order chi connectivity index (χ1) is 10.8. The minimum atomic E-state index is 0.667. The van der Waals surface area contributed by atoms with Crippen LogP contribution in [-0.4, -0.2) is 23.1 Å². The van der Waals surface area contributed by atoms with Crippen molar-refractivity contribution in [1.29, 1.82) is 0 Å². The summed E-state index contributed by atoms with van der Waals surface area (Å²) in [6.07, 6.45) is 2.73. The molecule has 3 N–H and O–H groups in total. The zero-order chi connectivity index (χ0) is 15.4. The van der Waals surface area contributed by atoms with Gasteiger partial charge < -0.3 is 11.1 Å². The van der Waals surface area contributed by atoms with Gasteiger partial charge in [0.05, 0.1) is 11.2 Å². The van der Waals surface area contributed by atoms with Crippen molar-refractivity contribution >= 4 is 16.7 Å². The smallest absolute Gasteiger partial charge is 0.136 e. The molecule has 22 heavy (non-hydrogen) atoms. The van der Waals surface area contributed by atoms with Crippen LogP contribution in [0, 0.1) is 6.92 Å². The Kier molecular flexibility index (Phi) is 4.30. The number of rotatable bonds is 5. The molecule has 0 aliphatic heterocycles. The predicted octanol–water partition coefficient (Wildman–Crippen LogP) is 3.37. The normalized spacial score (nSPS) is 10.8. The average molecular weight is 292 g/mol. The maximum absolute atomic E-state index is 5.57. The Bertz CT molecular complexity index is 766. The molecule has 3 rings (SSSR count). The molecule has 0 fully saturated rings. The average Bonchev–Trinajstić information content (AvgIpc) is 2.55. The monoisotopic (exact) mass is 292 g/mol. The third-order valence-corrected chi connectivity index (χ3v) is 3.62. The lowest BCUT2D eigenvalue weighted by molar-refractivity contribution is 0.871. The number of nitrogens with one attached hydrogen (secondary N) is 1. The van der Waals surface area contributed by atoms with Crippen molar-refractivity contribution in [2.45, 2.75) is 13.3 Å². The second-order valence-corrected chi connectivity index (χ2v) is 5.36. The summed E-state index contributed by atoms with van der Waals surface area (Å²) in [6.45, 7) is 3.56. The summed E-state index contributed by atoms with van der Waals surface area (Å²) in [4.78, 5) is 9.25. The highest BCUT2D eigenvalue weighted by molar-refractivity contribution is 5.91. The van der Waals surface area contributed by atoms with E-state index >= 15 is 0 Å². The first-order valence-corrected chi connectivity index (χ1v) is 7.54. The summed E-state index contributed by atoms with van der Waals surface area (Å²) in [5, 5.41) is 4.42. The molecular weight excluding hydrogens is 272 g/mol. The molecule has 2 aromatic heterocycles. The maximum Gasteiger partial charge on any atom is 0.136 e. The van der Waals surface area contributed by atoms with Gasteiger partial charge in [-0.25, -0.2) is 4.98 Å². The van der Waals surface area contributed by atoms with E-state index in [0.29, 0.717) is 6.54 Å². The van der Waals surface area contributed by atoms with Crippen LogP contribution in [0.1, 0.15) is 12.0 Å². The van der Waals surface area contributed by atoms with Gasteiger partial charge >= 0.3 is 0 Å². The molecule has 0 atom stereocenters. The molecule has 2 heterocycles. The first-order valence-electron chi connectivity index (χ1n) is 7.54. The standard InChI is InChI=1S/C18H20N4/c1-13-5-7-14(8-6-13)16-12-17-15(4-2-10-20-17)18(22-16)21-11-3-9-19/h2,4-8,10,12H,3,9,11,19H2,1H3,(H,21,22). The minimum absolute atomic E-state index is 0.667. The van der Waals surface area contributed by atoms with Gasteiger partial charge in [-0.1, -0.05) is 29.8 Å². The highest BCUT2D eigenvalue weighted by Gasteiger charge is 2.08. The number of benzene rings is 1. The largest absolute Gasteiger partial charge is 0.369 e. The number of pyridine rings is 2. The Balaban J connectivity index is 2.05. The lowest BCUT2D eigenvalue weighted by Crippen LogP contribution is -2.10. The van der Waals surface area contributed by atoms with Crippen molar-refractivity contribution in [2.24, 2.45) is 5.73 Å². The number of aryl methyl sites for hydroxylation is 1. The molecule has 4 heteroatoms. The second kappa shape index (κ2) is 6.54. The highest BCUT2D eigenvalue weighted by Crippen LogP contribution is 2.26. The fourth-order valence-electron chi connectivity index (χ4n) is 2.39. The van der Waals surface area contributed by atoms with Gasteiger partial charge in [0.15, 0.2) is 0 Å². The van der Waals surface area contributed by atoms with Crippen molar-refractivity contribution in [3.63, 3.8) is 0 Å². The van der Waals surface area contributed by atoms with E-state index < -0.39 is 0 Å². The minimum Gasteiger partial charge on any atom is -0.369 e. The van der Waals surface area contributed by atoms with Crippen LogP contribution in [0.15, 0.2) is 48.7 Å². The van der Waals surface area contributed by atoms with Crippen LogP contribution < -0.4 is 11.1 Å². The number of anilines is 1. The van der Waals surface area contributed by atoms with E-state index in [4.69, 9.17) is 10.7 Å². The van der Waals surface area contributed by atoms with Crippen molar-refractivity contribution in [2.75, 3.05) is 18.4 Å². The third-order valence-electron chi connectivity index (χ3n) is 3.62. The molecule has 0 amide bonds. The lowest BCUT2D eigenvalue weighted by Gasteiger charge is -2.11. The Morgan fingerprint density at radius 1 is 1.14 bits per heavy atom. The van der Waals surface area contributed by atoms with E-state index in [1.165, 1.54) is 5.56 Å². The molecule has 0 unspecified atom stereocenters. The first kappa shape index (κ1) is 14.5. The lowest BCUT2D eigenvalue weighted by atomic mass is 10.1. The van der Waals surface area contributed by atoms with Gasteiger partial charge in [0.1, 0.15) is 5.82 Å². The van der Waals surface area contributed by atoms with Gasteiger partial charge in [-0.2, -0.15) is 0 Å². The SMILES string of the molecule is Cc1ccc(-c2cc3ncccc3c(NCCCN)n2)cc1. The maximum atomic E-state index is 5.57. The van der Waals surface area contributed by atoms with Crippen LogP contribution in [0.4, 0.5) is 5.82 Å². The summed E-state index contributed by atoms with van der Waals surface area (Å²) in [7, 11) is 0. The molecule has 4 nitrogen and oxygen atoms in total. The van der Waals surface area contributed by atoms with Crippen molar-refractivity contribution in [3.05, 3.63) is 54.2 Å².